The molecule has 1 atom stereocenters. The van der Waals surface area contributed by atoms with E-state index in [0.29, 0.717) is 0 Å². The van der Waals surface area contributed by atoms with E-state index in [4.69, 9.17) is 0 Å². The molecule has 0 spiro atoms. The number of hydrogen-bond acceptors (Lipinski definition) is 3. The predicted molar refractivity (Wildman–Crippen MR) is 113 cm³/mol. The Bertz CT molecular complexity index is 880. The summed E-state index contributed by atoms with van der Waals surface area (Å²) in [6, 6.07) is 18.7. The van der Waals surface area contributed by atoms with E-state index in [2.05, 4.69) is 51.4 Å². The highest BCUT2D eigenvalue weighted by Crippen LogP contribution is 2.24. The van der Waals surface area contributed by atoms with E-state index in [1.165, 1.54) is 5.56 Å². The number of aromatic amines is 1. The van der Waals surface area contributed by atoms with Crippen LogP contribution in [-0.4, -0.2) is 35.0 Å². The SMILES string of the molecule is CCC(Cc1ccccc1)NC(=O)C1CCN(c2nc3ccccc3[nH]2)CC1. The van der Waals surface area contributed by atoms with Gasteiger partial charge in [0.2, 0.25) is 11.9 Å². The molecule has 1 aliphatic heterocycles. The van der Waals surface area contributed by atoms with Crippen LogP contribution >= 0.6 is 0 Å². The molecule has 0 radical (unpaired) electrons. The fraction of sp³-hybridized carbons (Fsp3) is 0.391. The second-order valence-corrected chi connectivity index (χ2v) is 7.64. The second kappa shape index (κ2) is 8.46. The number of nitrogens with one attached hydrogen (secondary N) is 2. The molecular formula is C23H28N4O. The van der Waals surface area contributed by atoms with Crippen LogP contribution in [0.15, 0.2) is 54.6 Å². The summed E-state index contributed by atoms with van der Waals surface area (Å²) in [5.41, 5.74) is 3.32. The minimum Gasteiger partial charge on any atom is -0.353 e. The molecule has 0 saturated carbocycles. The van der Waals surface area contributed by atoms with Gasteiger partial charge in [0, 0.05) is 25.0 Å². The molecule has 2 aromatic carbocycles. The van der Waals surface area contributed by atoms with Gasteiger partial charge in [0.05, 0.1) is 11.0 Å². The molecule has 5 heteroatoms. The first-order valence-corrected chi connectivity index (χ1v) is 10.3. The van der Waals surface area contributed by atoms with Crippen LogP contribution in [0.3, 0.4) is 0 Å². The van der Waals surface area contributed by atoms with Gasteiger partial charge in [-0.1, -0.05) is 49.4 Å². The van der Waals surface area contributed by atoms with Gasteiger partial charge in [0.25, 0.3) is 0 Å². The van der Waals surface area contributed by atoms with Gasteiger partial charge in [-0.2, -0.15) is 0 Å². The third kappa shape index (κ3) is 4.19. The molecule has 4 rings (SSSR count). The Labute approximate surface area is 166 Å². The van der Waals surface area contributed by atoms with E-state index >= 15 is 0 Å². The second-order valence-electron chi connectivity index (χ2n) is 7.64. The summed E-state index contributed by atoms with van der Waals surface area (Å²) in [6.07, 6.45) is 3.56. The highest BCUT2D eigenvalue weighted by atomic mass is 16.1. The first-order valence-electron chi connectivity index (χ1n) is 10.3. The quantitative estimate of drug-likeness (QED) is 0.685. The highest BCUT2D eigenvalue weighted by Gasteiger charge is 2.27. The molecule has 5 nitrogen and oxygen atoms in total. The molecule has 146 valence electrons. The normalized spacial score (nSPS) is 16.2. The van der Waals surface area contributed by atoms with Crippen molar-refractivity contribution in [1.29, 1.82) is 0 Å². The van der Waals surface area contributed by atoms with Crippen LogP contribution in [0.25, 0.3) is 11.0 Å². The molecule has 2 N–H and O–H groups in total. The third-order valence-electron chi connectivity index (χ3n) is 5.71. The molecule has 1 aromatic heterocycles. The minimum absolute atomic E-state index is 0.0884. The van der Waals surface area contributed by atoms with E-state index in [9.17, 15) is 4.79 Å². The number of amides is 1. The molecule has 1 amide bonds. The van der Waals surface area contributed by atoms with E-state index in [1.807, 2.05) is 30.3 Å². The number of rotatable bonds is 6. The Morgan fingerprint density at radius 3 is 2.57 bits per heavy atom. The summed E-state index contributed by atoms with van der Waals surface area (Å²) >= 11 is 0. The monoisotopic (exact) mass is 376 g/mol. The minimum atomic E-state index is 0.0884. The van der Waals surface area contributed by atoms with Gasteiger partial charge in [0.15, 0.2) is 0 Å². The first-order chi connectivity index (χ1) is 13.7. The van der Waals surface area contributed by atoms with Gasteiger partial charge in [-0.3, -0.25) is 4.79 Å². The summed E-state index contributed by atoms with van der Waals surface area (Å²) in [4.78, 5) is 23.1. The van der Waals surface area contributed by atoms with Gasteiger partial charge < -0.3 is 15.2 Å². The van der Waals surface area contributed by atoms with Crippen LogP contribution < -0.4 is 10.2 Å². The lowest BCUT2D eigenvalue weighted by Gasteiger charge is -2.32. The number of carbonyl (C=O) groups is 1. The number of H-pyrrole nitrogens is 1. The number of carbonyl (C=O) groups excluding carboxylic acids is 1. The van der Waals surface area contributed by atoms with Crippen LogP contribution in [0.1, 0.15) is 31.7 Å². The van der Waals surface area contributed by atoms with Crippen LogP contribution in [0.5, 0.6) is 0 Å². The van der Waals surface area contributed by atoms with E-state index < -0.39 is 0 Å². The maximum absolute atomic E-state index is 12.8. The maximum Gasteiger partial charge on any atom is 0.223 e. The Balaban J connectivity index is 1.31. The predicted octanol–water partition coefficient (Wildman–Crippen LogP) is 3.92. The average Bonchev–Trinajstić information content (AvgIpc) is 3.18. The molecule has 1 unspecified atom stereocenters. The zero-order valence-corrected chi connectivity index (χ0v) is 16.4. The molecular weight excluding hydrogens is 348 g/mol. The van der Waals surface area contributed by atoms with Gasteiger partial charge in [-0.15, -0.1) is 0 Å². The molecule has 3 aromatic rings. The van der Waals surface area contributed by atoms with Crippen LogP contribution in [0.2, 0.25) is 0 Å². The van der Waals surface area contributed by atoms with E-state index in [-0.39, 0.29) is 17.9 Å². The van der Waals surface area contributed by atoms with E-state index in [0.717, 1.165) is 55.8 Å². The Hall–Kier alpha value is -2.82. The molecule has 1 aliphatic rings. The van der Waals surface area contributed by atoms with Crippen molar-refractivity contribution >= 4 is 22.9 Å². The smallest absolute Gasteiger partial charge is 0.223 e. The van der Waals surface area contributed by atoms with Crippen molar-refractivity contribution in [2.75, 3.05) is 18.0 Å². The van der Waals surface area contributed by atoms with Crippen molar-refractivity contribution in [2.24, 2.45) is 5.92 Å². The third-order valence-corrected chi connectivity index (χ3v) is 5.71. The Morgan fingerprint density at radius 1 is 1.14 bits per heavy atom. The number of hydrogen-bond donors (Lipinski definition) is 2. The highest BCUT2D eigenvalue weighted by molar-refractivity contribution is 5.80. The standard InChI is InChI=1S/C23H28N4O/c1-2-19(16-17-8-4-3-5-9-17)24-22(28)18-12-14-27(15-13-18)23-25-20-10-6-7-11-21(20)26-23/h3-11,18-19H,2,12-16H2,1H3,(H,24,28)(H,25,26). The number of anilines is 1. The number of benzene rings is 2. The van der Waals surface area contributed by atoms with Gasteiger partial charge >= 0.3 is 0 Å². The lowest BCUT2D eigenvalue weighted by Crippen LogP contribution is -2.44. The Morgan fingerprint density at radius 2 is 1.86 bits per heavy atom. The van der Waals surface area contributed by atoms with Crippen LogP contribution in [0, 0.1) is 5.92 Å². The van der Waals surface area contributed by atoms with Crippen molar-refractivity contribution in [1.82, 2.24) is 15.3 Å². The van der Waals surface area contributed by atoms with E-state index in [1.54, 1.807) is 0 Å². The largest absolute Gasteiger partial charge is 0.353 e. The summed E-state index contributed by atoms with van der Waals surface area (Å²) in [5.74, 6) is 1.20. The molecule has 0 aliphatic carbocycles. The van der Waals surface area contributed by atoms with Crippen molar-refractivity contribution in [3.8, 4) is 0 Å². The zero-order valence-electron chi connectivity index (χ0n) is 16.4. The van der Waals surface area contributed by atoms with Crippen molar-refractivity contribution in [2.45, 2.75) is 38.6 Å². The first kappa shape index (κ1) is 18.5. The Kier molecular flexibility index (Phi) is 5.60. The number of aromatic nitrogens is 2. The zero-order chi connectivity index (χ0) is 19.3. The van der Waals surface area contributed by atoms with Crippen LogP contribution in [0.4, 0.5) is 5.95 Å². The average molecular weight is 377 g/mol. The fourth-order valence-electron chi connectivity index (χ4n) is 3.96. The summed E-state index contributed by atoms with van der Waals surface area (Å²) in [7, 11) is 0. The fourth-order valence-corrected chi connectivity index (χ4v) is 3.96. The van der Waals surface area contributed by atoms with Crippen LogP contribution in [-0.2, 0) is 11.2 Å². The number of piperidine rings is 1. The maximum atomic E-state index is 12.8. The van der Waals surface area contributed by atoms with Gasteiger partial charge in [0.1, 0.15) is 0 Å². The molecule has 1 fully saturated rings. The summed E-state index contributed by atoms with van der Waals surface area (Å²) in [6.45, 7) is 3.85. The number of imidazole rings is 1. The van der Waals surface area contributed by atoms with Crippen molar-refractivity contribution < 1.29 is 4.79 Å². The lowest BCUT2D eigenvalue weighted by molar-refractivity contribution is -0.126. The van der Waals surface area contributed by atoms with Crippen molar-refractivity contribution in [3.05, 3.63) is 60.2 Å². The molecule has 0 bridgehead atoms. The topological polar surface area (TPSA) is 61.0 Å². The number of fused-ring (bicyclic) bond motifs is 1. The number of para-hydroxylation sites is 2. The summed E-state index contributed by atoms with van der Waals surface area (Å²) < 4.78 is 0. The molecule has 28 heavy (non-hydrogen) atoms. The molecule has 1 saturated heterocycles. The van der Waals surface area contributed by atoms with Crippen molar-refractivity contribution in [3.63, 3.8) is 0 Å². The van der Waals surface area contributed by atoms with Gasteiger partial charge in [-0.05, 0) is 43.4 Å². The summed E-state index contributed by atoms with van der Waals surface area (Å²) in [5, 5.41) is 3.28. The number of nitrogens with zero attached hydrogens (tertiary/aromatic N) is 2. The van der Waals surface area contributed by atoms with Gasteiger partial charge in [-0.25, -0.2) is 4.98 Å². The molecule has 2 heterocycles. The lowest BCUT2D eigenvalue weighted by atomic mass is 9.95.